The number of rotatable bonds is 2. The number of nitrogens with zero attached hydrogens (tertiary/aromatic N) is 3. The number of halogens is 2. The minimum absolute atomic E-state index is 0.0518. The fourth-order valence-corrected chi connectivity index (χ4v) is 2.74. The van der Waals surface area contributed by atoms with E-state index in [2.05, 4.69) is 4.99 Å². The highest BCUT2D eigenvalue weighted by Gasteiger charge is 2.23. The number of aliphatic imine (C=N–C) groups is 1. The van der Waals surface area contributed by atoms with Gasteiger partial charge in [0.15, 0.2) is 0 Å². The normalized spacial score (nSPS) is 13.3. The Kier molecular flexibility index (Phi) is 4.51. The molecule has 3 rings (SSSR count). The van der Waals surface area contributed by atoms with Crippen molar-refractivity contribution in [2.24, 2.45) is 4.99 Å². The van der Waals surface area contributed by atoms with Crippen LogP contribution < -0.4 is 4.90 Å². The van der Waals surface area contributed by atoms with E-state index < -0.39 is 4.92 Å². The Labute approximate surface area is 147 Å². The predicted octanol–water partition coefficient (Wildman–Crippen LogP) is 3.98. The molecule has 0 N–H and O–H groups in total. The van der Waals surface area contributed by atoms with E-state index in [-0.39, 0.29) is 16.6 Å². The van der Waals surface area contributed by atoms with Crippen LogP contribution in [0.15, 0.2) is 41.4 Å². The first-order chi connectivity index (χ1) is 11.5. The number of hydrogen-bond acceptors (Lipinski definition) is 4. The molecule has 0 aromatic heterocycles. The summed E-state index contributed by atoms with van der Waals surface area (Å²) >= 11 is 11.9. The molecule has 1 heterocycles. The minimum atomic E-state index is -0.482. The molecule has 0 saturated carbocycles. The van der Waals surface area contributed by atoms with Gasteiger partial charge in [-0.3, -0.25) is 19.9 Å². The van der Waals surface area contributed by atoms with E-state index in [0.29, 0.717) is 34.9 Å². The van der Waals surface area contributed by atoms with Crippen molar-refractivity contribution < 1.29 is 9.72 Å². The second-order valence-corrected chi connectivity index (χ2v) is 5.94. The molecule has 1 aliphatic rings. The van der Waals surface area contributed by atoms with Crippen LogP contribution in [-0.4, -0.2) is 30.1 Å². The zero-order valence-corrected chi connectivity index (χ0v) is 13.8. The van der Waals surface area contributed by atoms with Crippen molar-refractivity contribution in [1.29, 1.82) is 0 Å². The summed E-state index contributed by atoms with van der Waals surface area (Å²) in [6.45, 7) is 0.760. The molecule has 1 aliphatic heterocycles. The summed E-state index contributed by atoms with van der Waals surface area (Å²) in [4.78, 5) is 29.0. The lowest BCUT2D eigenvalue weighted by Crippen LogP contribution is -2.33. The van der Waals surface area contributed by atoms with Gasteiger partial charge >= 0.3 is 0 Å². The molecular weight excluding hydrogens is 353 g/mol. The number of carbonyl (C=O) groups is 1. The van der Waals surface area contributed by atoms with Gasteiger partial charge in [0.25, 0.3) is 11.6 Å². The summed E-state index contributed by atoms with van der Waals surface area (Å²) in [6.07, 6.45) is 1.55. The van der Waals surface area contributed by atoms with Crippen LogP contribution in [0.1, 0.15) is 15.9 Å². The minimum Gasteiger partial charge on any atom is -0.306 e. The summed E-state index contributed by atoms with van der Waals surface area (Å²) < 4.78 is 0. The van der Waals surface area contributed by atoms with Gasteiger partial charge in [0.05, 0.1) is 27.2 Å². The fraction of sp³-hybridized carbons (Fsp3) is 0.125. The summed E-state index contributed by atoms with van der Waals surface area (Å²) in [5, 5.41) is 11.6. The molecule has 0 aliphatic carbocycles. The van der Waals surface area contributed by atoms with Crippen LogP contribution in [0.3, 0.4) is 0 Å². The molecule has 24 heavy (non-hydrogen) atoms. The molecule has 0 fully saturated rings. The Bertz CT molecular complexity index is 868. The standard InChI is InChI=1S/C16H11Cl2N3O3/c17-13-3-1-10(8-14(13)18)16(22)20-6-5-19-9-11-7-12(21(23)24)2-4-15(11)20/h1-4,7-9H,5-6H2. The molecule has 122 valence electrons. The van der Waals surface area contributed by atoms with Gasteiger partial charge in [-0.05, 0) is 24.3 Å². The van der Waals surface area contributed by atoms with Crippen LogP contribution >= 0.6 is 23.2 Å². The summed E-state index contributed by atoms with van der Waals surface area (Å²) in [6, 6.07) is 8.98. The highest BCUT2D eigenvalue weighted by molar-refractivity contribution is 6.42. The maximum absolute atomic E-state index is 12.8. The summed E-state index contributed by atoms with van der Waals surface area (Å²) in [5.74, 6) is -0.269. The van der Waals surface area contributed by atoms with Crippen LogP contribution in [0.25, 0.3) is 0 Å². The highest BCUT2D eigenvalue weighted by Crippen LogP contribution is 2.29. The van der Waals surface area contributed by atoms with Crippen LogP contribution in [-0.2, 0) is 0 Å². The van der Waals surface area contributed by atoms with E-state index in [1.807, 2.05) is 0 Å². The van der Waals surface area contributed by atoms with Crippen molar-refractivity contribution >= 4 is 46.7 Å². The third-order valence-electron chi connectivity index (χ3n) is 3.61. The van der Waals surface area contributed by atoms with E-state index in [1.165, 1.54) is 23.1 Å². The number of nitro benzene ring substituents is 1. The first-order valence-electron chi connectivity index (χ1n) is 7.02. The van der Waals surface area contributed by atoms with Crippen molar-refractivity contribution in [2.75, 3.05) is 18.0 Å². The maximum Gasteiger partial charge on any atom is 0.270 e. The Morgan fingerprint density at radius 3 is 2.67 bits per heavy atom. The summed E-state index contributed by atoms with van der Waals surface area (Å²) in [7, 11) is 0. The molecule has 0 radical (unpaired) electrons. The van der Waals surface area contributed by atoms with Crippen LogP contribution in [0, 0.1) is 10.1 Å². The third-order valence-corrected chi connectivity index (χ3v) is 4.35. The quantitative estimate of drug-likeness (QED) is 0.597. The molecule has 0 unspecified atom stereocenters. The number of carbonyl (C=O) groups excluding carboxylic acids is 1. The lowest BCUT2D eigenvalue weighted by atomic mass is 10.1. The number of benzene rings is 2. The number of hydrogen-bond donors (Lipinski definition) is 0. The molecule has 8 heteroatoms. The fourth-order valence-electron chi connectivity index (χ4n) is 2.44. The molecule has 0 atom stereocenters. The van der Waals surface area contributed by atoms with Gasteiger partial charge in [-0.2, -0.15) is 0 Å². The summed E-state index contributed by atoms with van der Waals surface area (Å²) in [5.41, 5.74) is 1.42. The van der Waals surface area contributed by atoms with Crippen molar-refractivity contribution in [3.8, 4) is 0 Å². The molecule has 0 saturated heterocycles. The first-order valence-corrected chi connectivity index (χ1v) is 7.78. The smallest absolute Gasteiger partial charge is 0.270 e. The second kappa shape index (κ2) is 6.59. The number of benzodiazepines with no additional fused rings is 1. The molecule has 2 aromatic rings. The van der Waals surface area contributed by atoms with Crippen LogP contribution in [0.4, 0.5) is 11.4 Å². The van der Waals surface area contributed by atoms with Gasteiger partial charge in [0.1, 0.15) is 0 Å². The van der Waals surface area contributed by atoms with E-state index in [4.69, 9.17) is 23.2 Å². The molecule has 1 amide bonds. The zero-order chi connectivity index (χ0) is 17.3. The average Bonchev–Trinajstić information content (AvgIpc) is 2.78. The number of fused-ring (bicyclic) bond motifs is 1. The van der Waals surface area contributed by atoms with Gasteiger partial charge in [-0.25, -0.2) is 0 Å². The molecule has 0 bridgehead atoms. The highest BCUT2D eigenvalue weighted by atomic mass is 35.5. The van der Waals surface area contributed by atoms with Crippen LogP contribution in [0.2, 0.25) is 10.0 Å². The molecule has 0 spiro atoms. The molecule has 6 nitrogen and oxygen atoms in total. The first kappa shape index (κ1) is 16.4. The van der Waals surface area contributed by atoms with Gasteiger partial charge in [0.2, 0.25) is 0 Å². The van der Waals surface area contributed by atoms with Crippen molar-refractivity contribution in [1.82, 2.24) is 0 Å². The van der Waals surface area contributed by atoms with E-state index >= 15 is 0 Å². The van der Waals surface area contributed by atoms with Gasteiger partial charge < -0.3 is 4.90 Å². The van der Waals surface area contributed by atoms with E-state index in [0.717, 1.165) is 0 Å². The third kappa shape index (κ3) is 3.11. The SMILES string of the molecule is O=C(c1ccc(Cl)c(Cl)c1)N1CCN=Cc2cc([N+](=O)[O-])ccc21. The van der Waals surface area contributed by atoms with Crippen molar-refractivity contribution in [2.45, 2.75) is 0 Å². The molecule has 2 aromatic carbocycles. The van der Waals surface area contributed by atoms with Gasteiger partial charge in [-0.1, -0.05) is 23.2 Å². The van der Waals surface area contributed by atoms with Crippen molar-refractivity contribution in [3.05, 3.63) is 67.7 Å². The predicted molar refractivity (Wildman–Crippen MR) is 93.7 cm³/mol. The monoisotopic (exact) mass is 363 g/mol. The lowest BCUT2D eigenvalue weighted by molar-refractivity contribution is -0.384. The Hall–Kier alpha value is -2.44. The largest absolute Gasteiger partial charge is 0.306 e. The zero-order valence-electron chi connectivity index (χ0n) is 12.3. The number of nitro groups is 1. The Balaban J connectivity index is 2.02. The number of anilines is 1. The average molecular weight is 364 g/mol. The van der Waals surface area contributed by atoms with Gasteiger partial charge in [-0.15, -0.1) is 0 Å². The second-order valence-electron chi connectivity index (χ2n) is 5.12. The maximum atomic E-state index is 12.8. The lowest BCUT2D eigenvalue weighted by Gasteiger charge is -2.22. The van der Waals surface area contributed by atoms with Gasteiger partial charge in [0, 0.05) is 36.0 Å². The number of non-ortho nitro benzene ring substituents is 1. The molecular formula is C16H11Cl2N3O3. The van der Waals surface area contributed by atoms with Crippen molar-refractivity contribution in [3.63, 3.8) is 0 Å². The van der Waals surface area contributed by atoms with E-state index in [9.17, 15) is 14.9 Å². The topological polar surface area (TPSA) is 75.8 Å². The number of amides is 1. The van der Waals surface area contributed by atoms with Crippen LogP contribution in [0.5, 0.6) is 0 Å². The Morgan fingerprint density at radius 1 is 1.17 bits per heavy atom. The Morgan fingerprint density at radius 2 is 1.96 bits per heavy atom. The van der Waals surface area contributed by atoms with E-state index in [1.54, 1.807) is 24.4 Å².